The van der Waals surface area contributed by atoms with Gasteiger partial charge in [-0.05, 0) is 64.2 Å². The normalized spacial score (nSPS) is 12.1. The summed E-state index contributed by atoms with van der Waals surface area (Å²) in [6.07, 6.45) is 2.81. The Hall–Kier alpha value is -2.57. The van der Waals surface area contributed by atoms with Gasteiger partial charge < -0.3 is 20.3 Å². The zero-order chi connectivity index (χ0) is 24.3. The number of aryl methyl sites for hydroxylation is 2. The third kappa shape index (κ3) is 9.28. The van der Waals surface area contributed by atoms with Crippen LogP contribution in [0.5, 0.6) is 0 Å². The molecule has 0 radical (unpaired) electrons. The third-order valence-corrected chi connectivity index (χ3v) is 5.09. The lowest BCUT2D eigenvalue weighted by molar-refractivity contribution is -0.140. The summed E-state index contributed by atoms with van der Waals surface area (Å²) in [5, 5.41) is 5.51. The molecule has 1 atom stereocenters. The molecule has 1 unspecified atom stereocenters. The van der Waals surface area contributed by atoms with E-state index >= 15 is 0 Å². The highest BCUT2D eigenvalue weighted by Gasteiger charge is 2.31. The van der Waals surface area contributed by atoms with Gasteiger partial charge in [0.25, 0.3) is 0 Å². The lowest BCUT2D eigenvalue weighted by Gasteiger charge is -2.32. The number of rotatable bonds is 11. The highest BCUT2D eigenvalue weighted by Crippen LogP contribution is 2.24. The van der Waals surface area contributed by atoms with Crippen molar-refractivity contribution in [2.24, 2.45) is 0 Å². The molecular weight excluding hydrogens is 406 g/mol. The largest absolute Gasteiger partial charge is 0.444 e. The van der Waals surface area contributed by atoms with Gasteiger partial charge >= 0.3 is 6.09 Å². The van der Waals surface area contributed by atoms with Crippen molar-refractivity contribution in [2.75, 3.05) is 19.6 Å². The van der Waals surface area contributed by atoms with Crippen molar-refractivity contribution in [3.05, 3.63) is 34.9 Å². The monoisotopic (exact) mass is 447 g/mol. The summed E-state index contributed by atoms with van der Waals surface area (Å²) in [7, 11) is 0. The summed E-state index contributed by atoms with van der Waals surface area (Å²) in [5.74, 6) is -0.526. The molecule has 180 valence electrons. The number of ether oxygens (including phenoxy) is 1. The number of nitrogens with one attached hydrogen (secondary N) is 2. The van der Waals surface area contributed by atoms with Crippen molar-refractivity contribution >= 4 is 17.9 Å². The number of carbonyl (C=O) groups excluding carboxylic acids is 3. The van der Waals surface area contributed by atoms with Crippen molar-refractivity contribution < 1.29 is 19.1 Å². The van der Waals surface area contributed by atoms with Gasteiger partial charge in [-0.3, -0.25) is 9.59 Å². The Labute approximate surface area is 193 Å². The molecule has 0 fully saturated rings. The molecule has 1 aromatic rings. The minimum atomic E-state index is -0.759. The average Bonchev–Trinajstić information content (AvgIpc) is 2.70. The molecule has 32 heavy (non-hydrogen) atoms. The molecule has 0 aliphatic heterocycles. The summed E-state index contributed by atoms with van der Waals surface area (Å²) in [4.78, 5) is 40.1. The van der Waals surface area contributed by atoms with E-state index in [9.17, 15) is 14.4 Å². The van der Waals surface area contributed by atoms with Crippen LogP contribution < -0.4 is 10.6 Å². The topological polar surface area (TPSA) is 87.7 Å². The quantitative estimate of drug-likeness (QED) is 0.492. The second-order valence-electron chi connectivity index (χ2n) is 9.19. The van der Waals surface area contributed by atoms with Gasteiger partial charge in [0.05, 0.1) is 0 Å². The van der Waals surface area contributed by atoms with Crippen molar-refractivity contribution in [1.82, 2.24) is 15.5 Å². The van der Waals surface area contributed by atoms with Crippen LogP contribution in [0, 0.1) is 13.8 Å². The SMILES string of the molecule is CCCCNC(=O)C(c1ccc(C)c(C)c1)N(CCCC)C(=O)CNC(=O)OC(C)(C)C. The lowest BCUT2D eigenvalue weighted by atomic mass is 9.98. The maximum absolute atomic E-state index is 13.2. The minimum absolute atomic E-state index is 0.205. The Morgan fingerprint density at radius 2 is 1.66 bits per heavy atom. The fourth-order valence-electron chi connectivity index (χ4n) is 3.18. The van der Waals surface area contributed by atoms with Crippen molar-refractivity contribution in [2.45, 2.75) is 85.8 Å². The molecule has 0 heterocycles. The van der Waals surface area contributed by atoms with E-state index in [0.717, 1.165) is 42.4 Å². The summed E-state index contributed by atoms with van der Waals surface area (Å²) in [6, 6.07) is 5.08. The van der Waals surface area contributed by atoms with Gasteiger partial charge in [0.2, 0.25) is 11.8 Å². The fraction of sp³-hybridized carbons (Fsp3) is 0.640. The fourth-order valence-corrected chi connectivity index (χ4v) is 3.18. The van der Waals surface area contributed by atoms with E-state index in [0.29, 0.717) is 13.1 Å². The Morgan fingerprint density at radius 3 is 2.22 bits per heavy atom. The van der Waals surface area contributed by atoms with Crippen LogP contribution in [0.1, 0.15) is 83.0 Å². The van der Waals surface area contributed by atoms with E-state index in [2.05, 4.69) is 17.6 Å². The standard InChI is InChI=1S/C25H41N3O4/c1-8-10-14-26-23(30)22(20-13-12-18(3)19(4)16-20)28(15-11-9-2)21(29)17-27-24(31)32-25(5,6)7/h12-13,16,22H,8-11,14-15,17H2,1-7H3,(H,26,30)(H,27,31). The minimum Gasteiger partial charge on any atom is -0.444 e. The van der Waals surface area contributed by atoms with Gasteiger partial charge in [-0.2, -0.15) is 0 Å². The molecule has 0 aliphatic rings. The number of hydrogen-bond acceptors (Lipinski definition) is 4. The number of hydrogen-bond donors (Lipinski definition) is 2. The first kappa shape index (κ1) is 27.5. The summed E-state index contributed by atoms with van der Waals surface area (Å²) >= 11 is 0. The molecule has 7 nitrogen and oxygen atoms in total. The highest BCUT2D eigenvalue weighted by molar-refractivity contribution is 5.90. The Bertz CT molecular complexity index is 771. The maximum Gasteiger partial charge on any atom is 0.408 e. The van der Waals surface area contributed by atoms with Crippen molar-refractivity contribution in [1.29, 1.82) is 0 Å². The Morgan fingerprint density at radius 1 is 1.00 bits per heavy atom. The second kappa shape index (κ2) is 13.1. The highest BCUT2D eigenvalue weighted by atomic mass is 16.6. The van der Waals surface area contributed by atoms with Crippen molar-refractivity contribution in [3.63, 3.8) is 0 Å². The molecule has 3 amide bonds. The van der Waals surface area contributed by atoms with Gasteiger partial charge in [0.1, 0.15) is 18.2 Å². The van der Waals surface area contributed by atoms with Crippen LogP contribution >= 0.6 is 0 Å². The molecule has 0 aromatic heterocycles. The van der Waals surface area contributed by atoms with Crippen LogP contribution in [-0.2, 0) is 14.3 Å². The van der Waals surface area contributed by atoms with Gasteiger partial charge in [-0.1, -0.05) is 44.9 Å². The van der Waals surface area contributed by atoms with E-state index < -0.39 is 17.7 Å². The molecule has 0 bridgehead atoms. The Balaban J connectivity index is 3.17. The molecule has 0 saturated heterocycles. The van der Waals surface area contributed by atoms with Crippen LogP contribution in [-0.4, -0.2) is 48.0 Å². The first-order valence-electron chi connectivity index (χ1n) is 11.6. The predicted octanol–water partition coefficient (Wildman–Crippen LogP) is 4.41. The molecule has 0 saturated carbocycles. The van der Waals surface area contributed by atoms with Crippen molar-refractivity contribution in [3.8, 4) is 0 Å². The van der Waals surface area contributed by atoms with E-state index in [1.54, 1.807) is 25.7 Å². The second-order valence-corrected chi connectivity index (χ2v) is 9.19. The van der Waals surface area contributed by atoms with Crippen LogP contribution in [0.2, 0.25) is 0 Å². The summed E-state index contributed by atoms with van der Waals surface area (Å²) in [5.41, 5.74) is 2.29. The molecular formula is C25H41N3O4. The van der Waals surface area contributed by atoms with Gasteiger partial charge in [0, 0.05) is 13.1 Å². The molecule has 7 heteroatoms. The average molecular weight is 448 g/mol. The van der Waals surface area contributed by atoms with E-state index in [-0.39, 0.29) is 18.4 Å². The first-order chi connectivity index (χ1) is 15.0. The van der Waals surface area contributed by atoms with E-state index in [4.69, 9.17) is 4.74 Å². The van der Waals surface area contributed by atoms with E-state index in [1.807, 2.05) is 39.0 Å². The molecule has 0 spiro atoms. The number of alkyl carbamates (subject to hydrolysis) is 1. The molecule has 1 rings (SSSR count). The number of carbonyl (C=O) groups is 3. The Kier molecular flexibility index (Phi) is 11.2. The van der Waals surface area contributed by atoms with Gasteiger partial charge in [0.15, 0.2) is 0 Å². The zero-order valence-corrected chi connectivity index (χ0v) is 20.8. The van der Waals surface area contributed by atoms with Crippen LogP contribution in [0.25, 0.3) is 0 Å². The number of unbranched alkanes of at least 4 members (excludes halogenated alkanes) is 2. The number of amides is 3. The maximum atomic E-state index is 13.2. The zero-order valence-electron chi connectivity index (χ0n) is 20.8. The number of benzene rings is 1. The predicted molar refractivity (Wildman–Crippen MR) is 127 cm³/mol. The third-order valence-electron chi connectivity index (χ3n) is 5.09. The van der Waals surface area contributed by atoms with E-state index in [1.165, 1.54) is 0 Å². The molecule has 2 N–H and O–H groups in total. The summed E-state index contributed by atoms with van der Waals surface area (Å²) in [6.45, 7) is 14.1. The smallest absolute Gasteiger partial charge is 0.408 e. The van der Waals surface area contributed by atoms with Crippen LogP contribution in [0.4, 0.5) is 4.79 Å². The van der Waals surface area contributed by atoms with Gasteiger partial charge in [-0.15, -0.1) is 0 Å². The summed E-state index contributed by atoms with van der Waals surface area (Å²) < 4.78 is 5.24. The van der Waals surface area contributed by atoms with Gasteiger partial charge in [-0.25, -0.2) is 4.79 Å². The molecule has 1 aromatic carbocycles. The van der Waals surface area contributed by atoms with Crippen LogP contribution in [0.15, 0.2) is 18.2 Å². The van der Waals surface area contributed by atoms with Crippen LogP contribution in [0.3, 0.4) is 0 Å². The molecule has 0 aliphatic carbocycles. The lowest BCUT2D eigenvalue weighted by Crippen LogP contribution is -2.48. The first-order valence-corrected chi connectivity index (χ1v) is 11.6. The number of nitrogens with zero attached hydrogens (tertiary/aromatic N) is 1.